The SMILES string of the molecule is O=C(c1c[nH]c(=O)c2ccccc12)N1CCOCC1CC(F)F. The van der Waals surface area contributed by atoms with Gasteiger partial charge in [-0.05, 0) is 6.07 Å². The lowest BCUT2D eigenvalue weighted by Gasteiger charge is -2.35. The van der Waals surface area contributed by atoms with Crippen LogP contribution in [0.25, 0.3) is 10.8 Å². The summed E-state index contributed by atoms with van der Waals surface area (Å²) in [5.74, 6) is -0.369. The van der Waals surface area contributed by atoms with Gasteiger partial charge in [-0.2, -0.15) is 0 Å². The van der Waals surface area contributed by atoms with Gasteiger partial charge in [-0.15, -0.1) is 0 Å². The largest absolute Gasteiger partial charge is 0.377 e. The fourth-order valence-electron chi connectivity index (χ4n) is 2.86. The van der Waals surface area contributed by atoms with Gasteiger partial charge in [0.25, 0.3) is 11.5 Å². The number of hydrogen-bond acceptors (Lipinski definition) is 3. The molecule has 0 spiro atoms. The van der Waals surface area contributed by atoms with Gasteiger partial charge in [0.05, 0.1) is 24.8 Å². The summed E-state index contributed by atoms with van der Waals surface area (Å²) in [5, 5.41) is 0.917. The number of morpholine rings is 1. The molecule has 1 N–H and O–H groups in total. The van der Waals surface area contributed by atoms with Crippen LogP contribution < -0.4 is 5.56 Å². The van der Waals surface area contributed by atoms with E-state index >= 15 is 0 Å². The van der Waals surface area contributed by atoms with Crippen LogP contribution in [0.15, 0.2) is 35.3 Å². The summed E-state index contributed by atoms with van der Waals surface area (Å²) in [6.07, 6.45) is -1.58. The second kappa shape index (κ2) is 6.45. The highest BCUT2D eigenvalue weighted by molar-refractivity contribution is 6.06. The summed E-state index contributed by atoms with van der Waals surface area (Å²) in [6.45, 7) is 0.661. The van der Waals surface area contributed by atoms with E-state index in [0.29, 0.717) is 22.9 Å². The molecule has 1 amide bonds. The van der Waals surface area contributed by atoms with E-state index in [1.165, 1.54) is 11.1 Å². The number of nitrogens with one attached hydrogen (secondary N) is 1. The maximum atomic E-state index is 12.8. The number of benzene rings is 1. The molecule has 0 radical (unpaired) electrons. The Hall–Kier alpha value is -2.28. The van der Waals surface area contributed by atoms with Crippen molar-refractivity contribution in [3.63, 3.8) is 0 Å². The van der Waals surface area contributed by atoms with Crippen molar-refractivity contribution in [2.75, 3.05) is 19.8 Å². The molecule has 0 saturated carbocycles. The van der Waals surface area contributed by atoms with Crippen LogP contribution in [0.5, 0.6) is 0 Å². The first kappa shape index (κ1) is 15.6. The van der Waals surface area contributed by atoms with Gasteiger partial charge in [-0.1, -0.05) is 18.2 Å². The number of alkyl halides is 2. The number of hydrogen-bond donors (Lipinski definition) is 1. The fourth-order valence-corrected chi connectivity index (χ4v) is 2.86. The van der Waals surface area contributed by atoms with E-state index in [4.69, 9.17) is 4.74 Å². The summed E-state index contributed by atoms with van der Waals surface area (Å²) in [6, 6.07) is 6.08. The number of H-pyrrole nitrogens is 1. The van der Waals surface area contributed by atoms with Gasteiger partial charge in [-0.3, -0.25) is 9.59 Å². The van der Waals surface area contributed by atoms with E-state index in [-0.39, 0.29) is 24.6 Å². The third kappa shape index (κ3) is 3.10. The predicted molar refractivity (Wildman–Crippen MR) is 80.8 cm³/mol. The lowest BCUT2D eigenvalue weighted by atomic mass is 10.0. The number of amides is 1. The summed E-state index contributed by atoms with van der Waals surface area (Å²) in [4.78, 5) is 28.6. The lowest BCUT2D eigenvalue weighted by Crippen LogP contribution is -2.49. The highest BCUT2D eigenvalue weighted by Gasteiger charge is 2.31. The number of aromatic nitrogens is 1. The molecule has 1 aliphatic rings. The van der Waals surface area contributed by atoms with Crippen molar-refractivity contribution in [3.05, 3.63) is 46.4 Å². The number of carbonyl (C=O) groups excluding carboxylic acids is 1. The van der Waals surface area contributed by atoms with E-state index < -0.39 is 18.9 Å². The quantitative estimate of drug-likeness (QED) is 0.940. The summed E-state index contributed by atoms with van der Waals surface area (Å²) in [7, 11) is 0. The summed E-state index contributed by atoms with van der Waals surface area (Å²) in [5.41, 5.74) is 0.0182. The molecule has 1 aliphatic heterocycles. The molecule has 2 aromatic rings. The van der Waals surface area contributed by atoms with Crippen molar-refractivity contribution < 1.29 is 18.3 Å². The Morgan fingerprint density at radius 2 is 2.09 bits per heavy atom. The zero-order valence-corrected chi connectivity index (χ0v) is 12.3. The van der Waals surface area contributed by atoms with Crippen molar-refractivity contribution in [1.29, 1.82) is 0 Å². The van der Waals surface area contributed by atoms with Crippen LogP contribution in [-0.2, 0) is 4.74 Å². The highest BCUT2D eigenvalue weighted by Crippen LogP contribution is 2.21. The van der Waals surface area contributed by atoms with Crippen LogP contribution >= 0.6 is 0 Å². The van der Waals surface area contributed by atoms with Crippen molar-refractivity contribution in [2.24, 2.45) is 0 Å². The zero-order valence-electron chi connectivity index (χ0n) is 12.3. The highest BCUT2D eigenvalue weighted by atomic mass is 19.3. The second-order valence-corrected chi connectivity index (χ2v) is 5.43. The Balaban J connectivity index is 1.99. The fraction of sp³-hybridized carbons (Fsp3) is 0.375. The molecule has 5 nitrogen and oxygen atoms in total. The van der Waals surface area contributed by atoms with Crippen LogP contribution in [0.2, 0.25) is 0 Å². The Bertz CT molecular complexity index is 775. The Kier molecular flexibility index (Phi) is 4.38. The molecule has 2 heterocycles. The van der Waals surface area contributed by atoms with Crippen LogP contribution in [-0.4, -0.2) is 48.0 Å². The lowest BCUT2D eigenvalue weighted by molar-refractivity contribution is -0.0215. The van der Waals surface area contributed by atoms with E-state index in [2.05, 4.69) is 4.98 Å². The molecular weight excluding hydrogens is 306 g/mol. The summed E-state index contributed by atoms with van der Waals surface area (Å²) < 4.78 is 30.7. The number of ether oxygens (including phenoxy) is 1. The molecule has 1 atom stereocenters. The molecule has 122 valence electrons. The van der Waals surface area contributed by atoms with Gasteiger partial charge in [0.15, 0.2) is 0 Å². The number of halogens is 2. The molecule has 1 aromatic heterocycles. The average Bonchev–Trinajstić information content (AvgIpc) is 2.55. The molecule has 0 aliphatic carbocycles. The third-order valence-electron chi connectivity index (χ3n) is 3.98. The standard InChI is InChI=1S/C16H16F2N2O3/c17-14(18)7-10-9-23-6-5-20(10)16(22)13-8-19-15(21)12-4-2-1-3-11(12)13/h1-4,8,10,14H,5-7,9H2,(H,19,21). The van der Waals surface area contributed by atoms with Gasteiger partial charge in [0.1, 0.15) is 0 Å². The number of pyridine rings is 1. The second-order valence-electron chi connectivity index (χ2n) is 5.43. The molecule has 3 rings (SSSR count). The summed E-state index contributed by atoms with van der Waals surface area (Å²) >= 11 is 0. The van der Waals surface area contributed by atoms with Crippen molar-refractivity contribution in [2.45, 2.75) is 18.9 Å². The number of rotatable bonds is 3. The molecule has 7 heteroatoms. The number of fused-ring (bicyclic) bond motifs is 1. The molecule has 1 saturated heterocycles. The van der Waals surface area contributed by atoms with Crippen molar-refractivity contribution in [1.82, 2.24) is 9.88 Å². The Labute approximate surface area is 130 Å². The van der Waals surface area contributed by atoms with E-state index in [1.807, 2.05) is 0 Å². The maximum Gasteiger partial charge on any atom is 0.256 e. The molecule has 1 fully saturated rings. The average molecular weight is 322 g/mol. The van der Waals surface area contributed by atoms with Gasteiger partial charge in [0, 0.05) is 29.9 Å². The number of aromatic amines is 1. The molecule has 1 unspecified atom stereocenters. The van der Waals surface area contributed by atoms with E-state index in [1.54, 1.807) is 24.3 Å². The number of carbonyl (C=O) groups is 1. The first-order chi connectivity index (χ1) is 11.1. The first-order valence-corrected chi connectivity index (χ1v) is 7.35. The van der Waals surface area contributed by atoms with Gasteiger partial charge in [-0.25, -0.2) is 8.78 Å². The molecule has 23 heavy (non-hydrogen) atoms. The first-order valence-electron chi connectivity index (χ1n) is 7.35. The van der Waals surface area contributed by atoms with Gasteiger partial charge >= 0.3 is 0 Å². The van der Waals surface area contributed by atoms with E-state index in [9.17, 15) is 18.4 Å². The molecule has 0 bridgehead atoms. The monoisotopic (exact) mass is 322 g/mol. The van der Waals surface area contributed by atoms with Crippen LogP contribution in [0.3, 0.4) is 0 Å². The maximum absolute atomic E-state index is 12.8. The smallest absolute Gasteiger partial charge is 0.256 e. The Morgan fingerprint density at radius 1 is 1.35 bits per heavy atom. The van der Waals surface area contributed by atoms with Crippen LogP contribution in [0.1, 0.15) is 16.8 Å². The minimum atomic E-state index is -2.51. The normalized spacial score (nSPS) is 18.6. The predicted octanol–water partition coefficient (Wildman–Crippen LogP) is 2.02. The zero-order chi connectivity index (χ0) is 16.4. The van der Waals surface area contributed by atoms with Gasteiger partial charge in [0.2, 0.25) is 6.43 Å². The topological polar surface area (TPSA) is 62.4 Å². The van der Waals surface area contributed by atoms with Crippen molar-refractivity contribution in [3.8, 4) is 0 Å². The molecule has 1 aromatic carbocycles. The minimum Gasteiger partial charge on any atom is -0.377 e. The third-order valence-corrected chi connectivity index (χ3v) is 3.98. The van der Waals surface area contributed by atoms with Gasteiger partial charge < -0.3 is 14.6 Å². The Morgan fingerprint density at radius 3 is 2.83 bits per heavy atom. The van der Waals surface area contributed by atoms with E-state index in [0.717, 1.165) is 0 Å². The van der Waals surface area contributed by atoms with Crippen molar-refractivity contribution >= 4 is 16.7 Å². The van der Waals surface area contributed by atoms with Crippen LogP contribution in [0, 0.1) is 0 Å². The van der Waals surface area contributed by atoms with Crippen LogP contribution in [0.4, 0.5) is 8.78 Å². The number of nitrogens with zero attached hydrogens (tertiary/aromatic N) is 1. The molecular formula is C16H16F2N2O3. The minimum absolute atomic E-state index is 0.0946.